The smallest absolute Gasteiger partial charge is 0.243 e. The van der Waals surface area contributed by atoms with Crippen LogP contribution in [0.4, 0.5) is 0 Å². The average Bonchev–Trinajstić information content (AvgIpc) is 2.98. The van der Waals surface area contributed by atoms with Crippen LogP contribution >= 0.6 is 0 Å². The normalized spacial score (nSPS) is 17.3. The second kappa shape index (κ2) is 18.4. The highest BCUT2D eigenvalue weighted by Crippen LogP contribution is 2.28. The number of hydrogen-bond donors (Lipinski definition) is 4. The van der Waals surface area contributed by atoms with Crippen LogP contribution in [0.3, 0.4) is 0 Å². The summed E-state index contributed by atoms with van der Waals surface area (Å²) in [4.78, 5) is 43.7. The Morgan fingerprint density at radius 3 is 2.31 bits per heavy atom. The zero-order valence-electron chi connectivity index (χ0n) is 25.5. The number of terminal acetylenes is 1. The molecule has 232 valence electrons. The molecule has 0 aromatic heterocycles. The van der Waals surface area contributed by atoms with Crippen molar-refractivity contribution in [1.82, 2.24) is 20.4 Å². The molecule has 4 N–H and O–H groups in total. The van der Waals surface area contributed by atoms with E-state index >= 15 is 0 Å². The summed E-state index contributed by atoms with van der Waals surface area (Å²) in [6, 6.07) is 7.62. The number of carbonyl (C=O) groups excluding carboxylic acids is 3. The predicted molar refractivity (Wildman–Crippen MR) is 165 cm³/mol. The Hall–Kier alpha value is -3.19. The Kier molecular flexibility index (Phi) is 15.3. The van der Waals surface area contributed by atoms with Crippen LogP contribution in [0, 0.1) is 24.2 Å². The molecule has 1 aromatic rings. The molecule has 3 amide bonds. The van der Waals surface area contributed by atoms with Gasteiger partial charge in [-0.05, 0) is 38.4 Å². The summed E-state index contributed by atoms with van der Waals surface area (Å²) in [5, 5.41) is 26.7. The molecule has 1 aromatic carbocycles. The SMILES string of the molecule is C#CC[C@H](NC(=O)C(CC(=O)N(C)CCN(C)C)Cc1ccccc1)C(=O)NC(CC1CCCCC1)[C@@H](O)C(O)C=C. The summed E-state index contributed by atoms with van der Waals surface area (Å²) < 4.78 is 0. The Morgan fingerprint density at radius 2 is 1.71 bits per heavy atom. The zero-order valence-corrected chi connectivity index (χ0v) is 25.5. The maximum atomic E-state index is 13.6. The van der Waals surface area contributed by atoms with Gasteiger partial charge in [0.2, 0.25) is 17.7 Å². The first-order chi connectivity index (χ1) is 20.0. The molecular formula is C33H50N4O5. The number of rotatable bonds is 17. The third kappa shape index (κ3) is 12.0. The standard InChI is InChI=1S/C33H50N4O5/c1-6-14-27(33(42)35-28(31(40)29(38)7-2)22-25-17-12-9-13-18-25)34-32(41)26(21-24-15-10-8-11-16-24)23-30(39)37(5)20-19-36(3)4/h1,7-8,10-11,15-16,25-29,31,38,40H,2,9,12-14,17-23H2,3-5H3,(H,34,41)(H,35,42)/t26?,27-,28?,29?,31+/m0/s1. The van der Waals surface area contributed by atoms with Crippen LogP contribution in [0.25, 0.3) is 0 Å². The number of nitrogens with one attached hydrogen (secondary N) is 2. The minimum Gasteiger partial charge on any atom is -0.388 e. The fourth-order valence-corrected chi connectivity index (χ4v) is 5.34. The highest BCUT2D eigenvalue weighted by atomic mass is 16.3. The molecule has 5 atom stereocenters. The minimum atomic E-state index is -1.25. The number of likely N-dealkylation sites (N-methyl/N-ethyl adjacent to an activating group) is 2. The maximum absolute atomic E-state index is 13.6. The van der Waals surface area contributed by atoms with Crippen LogP contribution in [0.1, 0.15) is 56.9 Å². The van der Waals surface area contributed by atoms with Crippen molar-refractivity contribution >= 4 is 17.7 Å². The Bertz CT molecular complexity index is 1030. The zero-order chi connectivity index (χ0) is 31.1. The van der Waals surface area contributed by atoms with E-state index in [-0.39, 0.29) is 18.7 Å². The molecule has 9 nitrogen and oxygen atoms in total. The van der Waals surface area contributed by atoms with Gasteiger partial charge in [0.15, 0.2) is 0 Å². The average molecular weight is 583 g/mol. The Morgan fingerprint density at radius 1 is 1.05 bits per heavy atom. The van der Waals surface area contributed by atoms with E-state index in [0.29, 0.717) is 31.8 Å². The van der Waals surface area contributed by atoms with Gasteiger partial charge in [0.25, 0.3) is 0 Å². The fraction of sp³-hybridized carbons (Fsp3) is 0.606. The van der Waals surface area contributed by atoms with Gasteiger partial charge in [-0.3, -0.25) is 14.4 Å². The van der Waals surface area contributed by atoms with Gasteiger partial charge in [-0.2, -0.15) is 0 Å². The predicted octanol–water partition coefficient (Wildman–Crippen LogP) is 2.13. The number of carbonyl (C=O) groups is 3. The Labute approximate surface area is 251 Å². The quantitative estimate of drug-likeness (QED) is 0.165. The van der Waals surface area contributed by atoms with Crippen molar-refractivity contribution in [3.8, 4) is 12.3 Å². The van der Waals surface area contributed by atoms with Crippen LogP contribution in [-0.4, -0.2) is 96.3 Å². The van der Waals surface area contributed by atoms with Crippen LogP contribution in [-0.2, 0) is 20.8 Å². The van der Waals surface area contributed by atoms with Crippen LogP contribution < -0.4 is 10.6 Å². The minimum absolute atomic E-state index is 0.0242. The monoisotopic (exact) mass is 582 g/mol. The highest BCUT2D eigenvalue weighted by molar-refractivity contribution is 5.91. The van der Waals surface area contributed by atoms with Crippen LogP contribution in [0.15, 0.2) is 43.0 Å². The molecule has 1 aliphatic rings. The number of benzene rings is 1. The second-order valence-corrected chi connectivity index (χ2v) is 11.8. The van der Waals surface area contributed by atoms with Gasteiger partial charge in [0, 0.05) is 33.0 Å². The molecule has 1 fully saturated rings. The van der Waals surface area contributed by atoms with Gasteiger partial charge in [0.1, 0.15) is 12.1 Å². The van der Waals surface area contributed by atoms with Crippen molar-refractivity contribution in [3.05, 3.63) is 48.6 Å². The van der Waals surface area contributed by atoms with E-state index in [1.54, 1.807) is 11.9 Å². The molecule has 0 heterocycles. The molecule has 3 unspecified atom stereocenters. The lowest BCUT2D eigenvalue weighted by Crippen LogP contribution is -2.55. The van der Waals surface area contributed by atoms with E-state index in [1.807, 2.05) is 49.3 Å². The molecule has 0 aliphatic heterocycles. The first kappa shape index (κ1) is 35.0. The number of amides is 3. The molecule has 1 saturated carbocycles. The van der Waals surface area contributed by atoms with Gasteiger partial charge in [-0.15, -0.1) is 18.9 Å². The van der Waals surface area contributed by atoms with Crippen LogP contribution in [0.5, 0.6) is 0 Å². The van der Waals surface area contributed by atoms with E-state index < -0.39 is 42.0 Å². The summed E-state index contributed by atoms with van der Waals surface area (Å²) >= 11 is 0. The van der Waals surface area contributed by atoms with Gasteiger partial charge in [-0.1, -0.05) is 68.5 Å². The van der Waals surface area contributed by atoms with E-state index in [0.717, 1.165) is 31.2 Å². The third-order valence-electron chi connectivity index (χ3n) is 8.02. The molecule has 0 spiro atoms. The van der Waals surface area contributed by atoms with Crippen molar-refractivity contribution in [3.63, 3.8) is 0 Å². The van der Waals surface area contributed by atoms with Crippen molar-refractivity contribution in [1.29, 1.82) is 0 Å². The maximum Gasteiger partial charge on any atom is 0.243 e. The molecule has 0 saturated heterocycles. The summed E-state index contributed by atoms with van der Waals surface area (Å²) in [6.45, 7) is 4.78. The van der Waals surface area contributed by atoms with Crippen molar-refractivity contribution < 1.29 is 24.6 Å². The highest BCUT2D eigenvalue weighted by Gasteiger charge is 2.33. The fourth-order valence-electron chi connectivity index (χ4n) is 5.34. The molecule has 42 heavy (non-hydrogen) atoms. The molecule has 0 radical (unpaired) electrons. The summed E-state index contributed by atoms with van der Waals surface area (Å²) in [5.74, 6) is 0.901. The van der Waals surface area contributed by atoms with E-state index in [1.165, 1.54) is 12.5 Å². The summed E-state index contributed by atoms with van der Waals surface area (Å²) in [7, 11) is 5.57. The largest absolute Gasteiger partial charge is 0.388 e. The van der Waals surface area contributed by atoms with Crippen molar-refractivity contribution in [2.24, 2.45) is 11.8 Å². The van der Waals surface area contributed by atoms with Crippen molar-refractivity contribution in [2.75, 3.05) is 34.2 Å². The molecular weight excluding hydrogens is 532 g/mol. The molecule has 1 aliphatic carbocycles. The van der Waals surface area contributed by atoms with Crippen molar-refractivity contribution in [2.45, 2.75) is 82.1 Å². The van der Waals surface area contributed by atoms with Gasteiger partial charge < -0.3 is 30.6 Å². The third-order valence-corrected chi connectivity index (χ3v) is 8.02. The number of aliphatic hydroxyl groups is 2. The van der Waals surface area contributed by atoms with Gasteiger partial charge in [0.05, 0.1) is 18.1 Å². The van der Waals surface area contributed by atoms with E-state index in [4.69, 9.17) is 6.42 Å². The number of aliphatic hydroxyl groups excluding tert-OH is 2. The molecule has 2 rings (SSSR count). The first-order valence-corrected chi connectivity index (χ1v) is 15.0. The molecule has 0 bridgehead atoms. The van der Waals surface area contributed by atoms with Crippen LogP contribution in [0.2, 0.25) is 0 Å². The summed E-state index contributed by atoms with van der Waals surface area (Å²) in [6.07, 6.45) is 10.4. The Balaban J connectivity index is 2.19. The van der Waals surface area contributed by atoms with Gasteiger partial charge in [-0.25, -0.2) is 0 Å². The lowest BCUT2D eigenvalue weighted by atomic mass is 9.83. The number of nitrogens with zero attached hydrogens (tertiary/aromatic N) is 2. The lowest BCUT2D eigenvalue weighted by molar-refractivity contribution is -0.136. The summed E-state index contributed by atoms with van der Waals surface area (Å²) in [5.41, 5.74) is 0.897. The molecule has 9 heteroatoms. The van der Waals surface area contributed by atoms with E-state index in [9.17, 15) is 24.6 Å². The first-order valence-electron chi connectivity index (χ1n) is 15.0. The van der Waals surface area contributed by atoms with Gasteiger partial charge >= 0.3 is 0 Å². The van der Waals surface area contributed by atoms with E-state index in [2.05, 4.69) is 23.1 Å². The number of hydrogen-bond acceptors (Lipinski definition) is 6. The lowest BCUT2D eigenvalue weighted by Gasteiger charge is -2.32. The topological polar surface area (TPSA) is 122 Å². The second-order valence-electron chi connectivity index (χ2n) is 11.8.